The summed E-state index contributed by atoms with van der Waals surface area (Å²) in [5.74, 6) is 1.51. The van der Waals surface area contributed by atoms with Gasteiger partial charge in [-0.1, -0.05) is 31.7 Å². The minimum absolute atomic E-state index is 0.0553. The summed E-state index contributed by atoms with van der Waals surface area (Å²) in [6, 6.07) is 0. The highest BCUT2D eigenvalue weighted by molar-refractivity contribution is 7.99. The third-order valence-corrected chi connectivity index (χ3v) is 3.31. The molecule has 1 aromatic heterocycles. The Hall–Kier alpha value is -0.740. The van der Waals surface area contributed by atoms with Crippen molar-refractivity contribution in [2.24, 2.45) is 5.92 Å². The largest absolute Gasteiger partial charge is 0.390 e. The van der Waals surface area contributed by atoms with Gasteiger partial charge in [0.05, 0.1) is 18.5 Å². The molecule has 3 nitrogen and oxygen atoms in total. The molecule has 0 bridgehead atoms. The van der Waals surface area contributed by atoms with Crippen LogP contribution in [0.1, 0.15) is 26.0 Å². The van der Waals surface area contributed by atoms with Crippen LogP contribution in [0.4, 0.5) is 0 Å². The Morgan fingerprint density at radius 1 is 1.62 bits per heavy atom. The van der Waals surface area contributed by atoms with Crippen LogP contribution in [0.15, 0.2) is 24.0 Å². The summed E-state index contributed by atoms with van der Waals surface area (Å²) in [6.45, 7) is 9.08. The second-order valence-electron chi connectivity index (χ2n) is 4.12. The van der Waals surface area contributed by atoms with Crippen LogP contribution in [0.5, 0.6) is 0 Å². The van der Waals surface area contributed by atoms with E-state index in [0.29, 0.717) is 5.92 Å². The number of aliphatic hydroxyl groups excluding tert-OH is 1. The van der Waals surface area contributed by atoms with Crippen LogP contribution in [0.3, 0.4) is 0 Å². The lowest BCUT2D eigenvalue weighted by atomic mass is 10.1. The van der Waals surface area contributed by atoms with Crippen LogP contribution >= 0.6 is 11.8 Å². The van der Waals surface area contributed by atoms with Crippen molar-refractivity contribution in [2.75, 3.05) is 5.75 Å². The van der Waals surface area contributed by atoms with Crippen molar-refractivity contribution in [1.82, 2.24) is 9.55 Å². The maximum Gasteiger partial charge on any atom is 0.168 e. The fourth-order valence-corrected chi connectivity index (χ4v) is 2.15. The molecule has 90 valence electrons. The standard InChI is InChI=1S/C12H20N2OS/c1-4-7-16-12-13-8-11(9-15)14(12)6-5-10(2)3/h4,8,10,15H,1,5-7,9H2,2-3H3. The molecule has 0 radical (unpaired) electrons. The van der Waals surface area contributed by atoms with E-state index in [1.54, 1.807) is 18.0 Å². The Bertz CT molecular complexity index is 334. The van der Waals surface area contributed by atoms with Crippen LogP contribution < -0.4 is 0 Å². The molecule has 0 aliphatic rings. The molecule has 0 fully saturated rings. The second kappa shape index (κ2) is 6.76. The SMILES string of the molecule is C=CCSc1ncc(CO)n1CCC(C)C. The molecule has 0 atom stereocenters. The highest BCUT2D eigenvalue weighted by Gasteiger charge is 2.09. The first-order valence-electron chi connectivity index (χ1n) is 5.58. The second-order valence-corrected chi connectivity index (χ2v) is 5.11. The zero-order chi connectivity index (χ0) is 12.0. The van der Waals surface area contributed by atoms with Crippen molar-refractivity contribution in [3.8, 4) is 0 Å². The number of aromatic nitrogens is 2. The molecular formula is C12H20N2OS. The van der Waals surface area contributed by atoms with Gasteiger partial charge in [0.15, 0.2) is 5.16 Å². The molecule has 0 unspecified atom stereocenters. The summed E-state index contributed by atoms with van der Waals surface area (Å²) in [6.07, 6.45) is 4.72. The van der Waals surface area contributed by atoms with Gasteiger partial charge in [-0.05, 0) is 12.3 Å². The smallest absolute Gasteiger partial charge is 0.168 e. The molecule has 4 heteroatoms. The Kier molecular flexibility index (Phi) is 5.63. The molecule has 0 saturated heterocycles. The third-order valence-electron chi connectivity index (χ3n) is 2.32. The summed E-state index contributed by atoms with van der Waals surface area (Å²) in [5, 5.41) is 10.2. The molecule has 16 heavy (non-hydrogen) atoms. The summed E-state index contributed by atoms with van der Waals surface area (Å²) < 4.78 is 2.11. The van der Waals surface area contributed by atoms with Gasteiger partial charge in [0.1, 0.15) is 0 Å². The number of nitrogens with zero attached hydrogens (tertiary/aromatic N) is 2. The van der Waals surface area contributed by atoms with E-state index in [9.17, 15) is 5.11 Å². The Balaban J connectivity index is 2.74. The summed E-state index contributed by atoms with van der Waals surface area (Å²) in [4.78, 5) is 4.32. The van der Waals surface area contributed by atoms with Gasteiger partial charge in [-0.2, -0.15) is 0 Å². The number of hydrogen-bond acceptors (Lipinski definition) is 3. The zero-order valence-corrected chi connectivity index (χ0v) is 10.8. The number of thioether (sulfide) groups is 1. The third kappa shape index (κ3) is 3.68. The van der Waals surface area contributed by atoms with E-state index in [0.717, 1.165) is 29.6 Å². The Morgan fingerprint density at radius 2 is 2.38 bits per heavy atom. The highest BCUT2D eigenvalue weighted by Crippen LogP contribution is 2.20. The Morgan fingerprint density at radius 3 is 2.94 bits per heavy atom. The molecule has 0 aliphatic carbocycles. The molecular weight excluding hydrogens is 220 g/mol. The first kappa shape index (κ1) is 13.3. The van der Waals surface area contributed by atoms with Gasteiger partial charge >= 0.3 is 0 Å². The van der Waals surface area contributed by atoms with Crippen molar-refractivity contribution in [2.45, 2.75) is 38.6 Å². The summed E-state index contributed by atoms with van der Waals surface area (Å²) in [7, 11) is 0. The van der Waals surface area contributed by atoms with Crippen LogP contribution in [0.2, 0.25) is 0 Å². The molecule has 1 rings (SSSR count). The van der Waals surface area contributed by atoms with Gasteiger partial charge < -0.3 is 9.67 Å². The topological polar surface area (TPSA) is 38.1 Å². The molecule has 0 saturated carbocycles. The fourth-order valence-electron chi connectivity index (χ4n) is 1.39. The molecule has 0 aromatic carbocycles. The van der Waals surface area contributed by atoms with E-state index in [1.807, 2.05) is 6.08 Å². The van der Waals surface area contributed by atoms with Gasteiger partial charge in [0, 0.05) is 12.3 Å². The van der Waals surface area contributed by atoms with Crippen molar-refractivity contribution < 1.29 is 5.11 Å². The van der Waals surface area contributed by atoms with Gasteiger partial charge in [0.25, 0.3) is 0 Å². The maximum atomic E-state index is 9.23. The first-order valence-corrected chi connectivity index (χ1v) is 6.56. The van der Waals surface area contributed by atoms with Crippen LogP contribution in [-0.4, -0.2) is 20.4 Å². The summed E-state index contributed by atoms with van der Waals surface area (Å²) in [5.41, 5.74) is 0.896. The highest BCUT2D eigenvalue weighted by atomic mass is 32.2. The van der Waals surface area contributed by atoms with E-state index in [4.69, 9.17) is 0 Å². The minimum Gasteiger partial charge on any atom is -0.390 e. The van der Waals surface area contributed by atoms with Gasteiger partial charge in [0.2, 0.25) is 0 Å². The van der Waals surface area contributed by atoms with E-state index < -0.39 is 0 Å². The van der Waals surface area contributed by atoms with Crippen molar-refractivity contribution >= 4 is 11.8 Å². The average molecular weight is 240 g/mol. The number of aliphatic hydroxyl groups is 1. The van der Waals surface area contributed by atoms with Gasteiger partial charge in [-0.3, -0.25) is 0 Å². The zero-order valence-electron chi connectivity index (χ0n) is 10.0. The molecule has 1 aromatic rings. The number of hydrogen-bond donors (Lipinski definition) is 1. The maximum absolute atomic E-state index is 9.23. The molecule has 0 amide bonds. The van der Waals surface area contributed by atoms with E-state index in [2.05, 4.69) is 30.0 Å². The van der Waals surface area contributed by atoms with Crippen LogP contribution in [-0.2, 0) is 13.2 Å². The molecule has 0 aliphatic heterocycles. The lowest BCUT2D eigenvalue weighted by molar-refractivity contribution is 0.267. The molecule has 0 spiro atoms. The first-order chi connectivity index (χ1) is 7.69. The number of rotatable bonds is 7. The normalized spacial score (nSPS) is 11.0. The van der Waals surface area contributed by atoms with Crippen molar-refractivity contribution in [1.29, 1.82) is 0 Å². The molecule has 1 N–H and O–H groups in total. The van der Waals surface area contributed by atoms with Crippen molar-refractivity contribution in [3.63, 3.8) is 0 Å². The van der Waals surface area contributed by atoms with Crippen molar-refractivity contribution in [3.05, 3.63) is 24.5 Å². The monoisotopic (exact) mass is 240 g/mol. The van der Waals surface area contributed by atoms with E-state index >= 15 is 0 Å². The predicted molar refractivity (Wildman–Crippen MR) is 68.5 cm³/mol. The minimum atomic E-state index is 0.0553. The lowest BCUT2D eigenvalue weighted by Crippen LogP contribution is -2.07. The average Bonchev–Trinajstić information content (AvgIpc) is 2.65. The number of imidazole rings is 1. The van der Waals surface area contributed by atoms with E-state index in [1.165, 1.54) is 0 Å². The summed E-state index contributed by atoms with van der Waals surface area (Å²) >= 11 is 1.66. The Labute approximate surface area is 102 Å². The molecule has 1 heterocycles. The fraction of sp³-hybridized carbons (Fsp3) is 0.583. The van der Waals surface area contributed by atoms with Gasteiger partial charge in [-0.25, -0.2) is 4.98 Å². The van der Waals surface area contributed by atoms with Crippen LogP contribution in [0.25, 0.3) is 0 Å². The predicted octanol–water partition coefficient (Wildman–Crippen LogP) is 2.70. The van der Waals surface area contributed by atoms with Crippen LogP contribution in [0, 0.1) is 5.92 Å². The van der Waals surface area contributed by atoms with Gasteiger partial charge in [-0.15, -0.1) is 6.58 Å². The quantitative estimate of drug-likeness (QED) is 0.588. The lowest BCUT2D eigenvalue weighted by Gasteiger charge is -2.11. The van der Waals surface area contributed by atoms with E-state index in [-0.39, 0.29) is 6.61 Å².